The Morgan fingerprint density at radius 3 is 2.14 bits per heavy atom. The second-order valence-electron chi connectivity index (χ2n) is 2.04. The monoisotopic (exact) mass is 252 g/mol. The smallest absolute Gasteiger partial charge is 1.00 e. The van der Waals surface area contributed by atoms with Crippen molar-refractivity contribution in [1.82, 2.24) is 0 Å². The summed E-state index contributed by atoms with van der Waals surface area (Å²) in [5, 5.41) is 8.23. The number of carbonyl (C=O) groups is 2. The average Bonchev–Trinajstić information content (AvgIpc) is 1.81. The summed E-state index contributed by atoms with van der Waals surface area (Å²) in [4.78, 5) is 36.9. The Morgan fingerprint density at radius 2 is 1.86 bits per heavy atom. The van der Waals surface area contributed by atoms with Crippen molar-refractivity contribution < 1.29 is 36.4 Å². The number of carbonyl (C=O) groups excluding carboxylic acids is 1. The fourth-order valence-corrected chi connectivity index (χ4v) is 0.745. The minimum Gasteiger partial charge on any atom is -1.00 e. The van der Waals surface area contributed by atoms with Crippen LogP contribution in [-0.4, -0.2) is 64.6 Å². The van der Waals surface area contributed by atoms with Crippen LogP contribution in [0.25, 0.3) is 0 Å². The van der Waals surface area contributed by atoms with Crippen LogP contribution in [0.4, 0.5) is 0 Å². The quantitative estimate of drug-likeness (QED) is 0.350. The SMILES string of the molecule is C=C(CC(=O)OP(=O)(O)O)C(=O)O.[Ca+2].[H-].[H-]. The van der Waals surface area contributed by atoms with E-state index in [0.29, 0.717) is 0 Å². The molecule has 0 amide bonds. The van der Waals surface area contributed by atoms with Crippen LogP contribution in [0.5, 0.6) is 0 Å². The Bertz CT molecular complexity index is 301. The van der Waals surface area contributed by atoms with Gasteiger partial charge in [0.05, 0.1) is 6.42 Å². The molecule has 7 nitrogen and oxygen atoms in total. The molecule has 9 heteroatoms. The maximum absolute atomic E-state index is 10.5. The van der Waals surface area contributed by atoms with Gasteiger partial charge in [-0.1, -0.05) is 6.58 Å². The van der Waals surface area contributed by atoms with Gasteiger partial charge in [0, 0.05) is 5.57 Å². The van der Waals surface area contributed by atoms with Gasteiger partial charge in [-0.15, -0.1) is 0 Å². The molecule has 0 aliphatic carbocycles. The molecule has 14 heavy (non-hydrogen) atoms. The number of carboxylic acid groups (broad SMARTS) is 1. The standard InChI is InChI=1S/C5H7O7P.Ca.2H/c1-3(5(7)8)2-4(6)12-13(9,10)11;;;/h1-2H2,(H,7,8)(H2,9,10,11);;;/q;+2;2*-1. The van der Waals surface area contributed by atoms with Crippen molar-refractivity contribution in [2.45, 2.75) is 6.42 Å². The predicted octanol–water partition coefficient (Wildman–Crippen LogP) is -0.503. The van der Waals surface area contributed by atoms with E-state index in [4.69, 9.17) is 14.9 Å². The summed E-state index contributed by atoms with van der Waals surface area (Å²) in [5.74, 6) is -2.76. The number of rotatable bonds is 4. The van der Waals surface area contributed by atoms with Crippen molar-refractivity contribution in [3.63, 3.8) is 0 Å². The van der Waals surface area contributed by atoms with Gasteiger partial charge in [-0.05, 0) is 0 Å². The molecule has 0 atom stereocenters. The number of phosphoric acid groups is 1. The molecule has 0 aliphatic heterocycles. The first-order valence-corrected chi connectivity index (χ1v) is 4.44. The van der Waals surface area contributed by atoms with E-state index in [1.807, 2.05) is 0 Å². The van der Waals surface area contributed by atoms with E-state index in [-0.39, 0.29) is 40.6 Å². The van der Waals surface area contributed by atoms with Crippen molar-refractivity contribution in [1.29, 1.82) is 0 Å². The summed E-state index contributed by atoms with van der Waals surface area (Å²) < 4.78 is 13.6. The molecule has 3 N–H and O–H groups in total. The van der Waals surface area contributed by atoms with E-state index < -0.39 is 31.8 Å². The molecule has 0 saturated carbocycles. The van der Waals surface area contributed by atoms with Crippen LogP contribution < -0.4 is 0 Å². The third kappa shape index (κ3) is 8.68. The fourth-order valence-electron chi connectivity index (χ4n) is 0.415. The largest absolute Gasteiger partial charge is 2.00 e. The van der Waals surface area contributed by atoms with Crippen molar-refractivity contribution >= 4 is 57.5 Å². The van der Waals surface area contributed by atoms with E-state index in [1.165, 1.54) is 0 Å². The molecule has 0 radical (unpaired) electrons. The molecule has 0 fully saturated rings. The molecule has 0 aromatic rings. The first-order valence-electron chi connectivity index (χ1n) is 2.91. The molecule has 0 aromatic carbocycles. The van der Waals surface area contributed by atoms with Crippen LogP contribution in [-0.2, 0) is 18.7 Å². The molecular formula is C5H9CaO7P. The van der Waals surface area contributed by atoms with E-state index in [9.17, 15) is 14.2 Å². The Balaban J connectivity index is -0.000000240. The first-order chi connectivity index (χ1) is 5.72. The van der Waals surface area contributed by atoms with E-state index in [0.717, 1.165) is 0 Å². The second-order valence-corrected chi connectivity index (χ2v) is 3.20. The van der Waals surface area contributed by atoms with Crippen LogP contribution in [0.2, 0.25) is 0 Å². The third-order valence-corrected chi connectivity index (χ3v) is 1.32. The molecule has 0 rings (SSSR count). The Morgan fingerprint density at radius 1 is 1.43 bits per heavy atom. The van der Waals surface area contributed by atoms with Crippen molar-refractivity contribution in [3.05, 3.63) is 12.2 Å². The molecule has 0 spiro atoms. The van der Waals surface area contributed by atoms with Crippen LogP contribution >= 0.6 is 7.82 Å². The fraction of sp³-hybridized carbons (Fsp3) is 0.200. The zero-order valence-electron chi connectivity index (χ0n) is 9.04. The summed E-state index contributed by atoms with van der Waals surface area (Å²) in [6, 6.07) is 0. The average molecular weight is 252 g/mol. The number of aliphatic carboxylic acids is 1. The Kier molecular flexibility index (Phi) is 7.73. The van der Waals surface area contributed by atoms with Crippen molar-refractivity contribution in [2.75, 3.05) is 0 Å². The van der Waals surface area contributed by atoms with E-state index in [2.05, 4.69) is 11.1 Å². The second kappa shape index (κ2) is 6.55. The molecule has 0 aliphatic rings. The maximum Gasteiger partial charge on any atom is 2.00 e. The molecule has 78 valence electrons. The zero-order valence-corrected chi connectivity index (χ0v) is 10.1. The molecule has 0 saturated heterocycles. The van der Waals surface area contributed by atoms with E-state index >= 15 is 0 Å². The molecular weight excluding hydrogens is 243 g/mol. The first kappa shape index (κ1) is 16.5. The zero-order chi connectivity index (χ0) is 10.6. The maximum atomic E-state index is 10.5. The normalized spacial score (nSPS) is 9.86. The minimum absolute atomic E-state index is 0. The van der Waals surface area contributed by atoms with Crippen LogP contribution in [0.15, 0.2) is 12.2 Å². The topological polar surface area (TPSA) is 121 Å². The number of phosphoric ester groups is 1. The van der Waals surface area contributed by atoms with Crippen LogP contribution in [0, 0.1) is 0 Å². The summed E-state index contributed by atoms with van der Waals surface area (Å²) in [7, 11) is -4.89. The summed E-state index contributed by atoms with van der Waals surface area (Å²) in [6.45, 7) is 2.97. The van der Waals surface area contributed by atoms with Gasteiger partial charge in [-0.3, -0.25) is 14.6 Å². The van der Waals surface area contributed by atoms with Gasteiger partial charge in [0.15, 0.2) is 0 Å². The van der Waals surface area contributed by atoms with Gasteiger partial charge in [0.1, 0.15) is 0 Å². The minimum atomic E-state index is -4.89. The molecule has 0 aromatic heterocycles. The number of hydrogen-bond acceptors (Lipinski definition) is 4. The van der Waals surface area contributed by atoms with Crippen LogP contribution in [0.3, 0.4) is 0 Å². The van der Waals surface area contributed by atoms with Gasteiger partial charge in [0.25, 0.3) is 0 Å². The third-order valence-electron chi connectivity index (χ3n) is 0.881. The van der Waals surface area contributed by atoms with Gasteiger partial charge < -0.3 is 12.5 Å². The van der Waals surface area contributed by atoms with Crippen molar-refractivity contribution in [2.24, 2.45) is 0 Å². The van der Waals surface area contributed by atoms with E-state index in [1.54, 1.807) is 0 Å². The predicted molar refractivity (Wildman–Crippen MR) is 47.5 cm³/mol. The number of carboxylic acids is 1. The summed E-state index contributed by atoms with van der Waals surface area (Å²) >= 11 is 0. The van der Waals surface area contributed by atoms with Gasteiger partial charge in [-0.25, -0.2) is 9.36 Å². The number of hydrogen-bond donors (Lipinski definition) is 3. The van der Waals surface area contributed by atoms with Gasteiger partial charge >= 0.3 is 57.5 Å². The van der Waals surface area contributed by atoms with Gasteiger partial charge in [-0.2, -0.15) is 0 Å². The summed E-state index contributed by atoms with van der Waals surface area (Å²) in [5.41, 5.74) is -0.501. The Labute approximate surface area is 112 Å². The Hall–Kier alpha value is 0.0897. The molecule has 0 unspecified atom stereocenters. The van der Waals surface area contributed by atoms with Gasteiger partial charge in [0.2, 0.25) is 0 Å². The van der Waals surface area contributed by atoms with Crippen LogP contribution in [0.1, 0.15) is 9.27 Å². The molecule has 0 bridgehead atoms. The molecule has 0 heterocycles. The van der Waals surface area contributed by atoms with Crippen molar-refractivity contribution in [3.8, 4) is 0 Å². The summed E-state index contributed by atoms with van der Waals surface area (Å²) in [6.07, 6.45) is -0.763.